The minimum absolute atomic E-state index is 0.00848. The summed E-state index contributed by atoms with van der Waals surface area (Å²) in [7, 11) is 1.61. The lowest BCUT2D eigenvalue weighted by molar-refractivity contribution is -0.121. The second-order valence-electron chi connectivity index (χ2n) is 6.49. The maximum Gasteiger partial charge on any atom is 0.328 e. The minimum Gasteiger partial charge on any atom is -0.497 e. The second-order valence-corrected chi connectivity index (χ2v) is 7.40. The van der Waals surface area contributed by atoms with E-state index in [0.717, 1.165) is 17.7 Å². The van der Waals surface area contributed by atoms with Gasteiger partial charge in [0, 0.05) is 19.5 Å². The molecule has 0 atom stereocenters. The Labute approximate surface area is 166 Å². The number of nitrogens with zero attached hydrogens (tertiary/aromatic N) is 1. The topological polar surface area (TPSA) is 93.2 Å². The van der Waals surface area contributed by atoms with Crippen molar-refractivity contribution < 1.29 is 9.53 Å². The highest BCUT2D eigenvalue weighted by Crippen LogP contribution is 2.13. The standard InChI is InChI=1S/C20H23N3O4S/c1-27-15-8-6-14(7-9-15)13-21-17(24)5-3-2-4-11-23-19(25)18-16(10-12-28-18)22-20(23)26/h6-10,12H,2-5,11,13H2,1H3,(H,21,24)(H,22,26). The molecule has 3 aromatic rings. The number of rotatable bonds is 9. The van der Waals surface area contributed by atoms with Crippen molar-refractivity contribution in [3.63, 3.8) is 0 Å². The lowest BCUT2D eigenvalue weighted by atomic mass is 10.1. The lowest BCUT2D eigenvalue weighted by Gasteiger charge is -2.07. The highest BCUT2D eigenvalue weighted by molar-refractivity contribution is 7.17. The number of methoxy groups -OCH3 is 1. The van der Waals surface area contributed by atoms with Crippen LogP contribution in [0.1, 0.15) is 31.2 Å². The molecule has 2 heterocycles. The molecule has 3 rings (SSSR count). The van der Waals surface area contributed by atoms with Crippen molar-refractivity contribution in [3.05, 3.63) is 62.1 Å². The first kappa shape index (κ1) is 19.9. The van der Waals surface area contributed by atoms with Crippen LogP contribution in [0.15, 0.2) is 45.3 Å². The van der Waals surface area contributed by atoms with Crippen LogP contribution in [0.3, 0.4) is 0 Å². The number of aromatic amines is 1. The number of aromatic nitrogens is 2. The Balaban J connectivity index is 1.39. The molecule has 0 aliphatic carbocycles. The number of hydrogen-bond acceptors (Lipinski definition) is 5. The Morgan fingerprint density at radius 3 is 2.68 bits per heavy atom. The van der Waals surface area contributed by atoms with Gasteiger partial charge in [0.15, 0.2) is 0 Å². The largest absolute Gasteiger partial charge is 0.497 e. The van der Waals surface area contributed by atoms with Gasteiger partial charge in [-0.25, -0.2) is 4.79 Å². The molecule has 0 saturated carbocycles. The fourth-order valence-electron chi connectivity index (χ4n) is 2.94. The fraction of sp³-hybridized carbons (Fsp3) is 0.350. The molecular weight excluding hydrogens is 378 g/mol. The van der Waals surface area contributed by atoms with Crippen LogP contribution in [0, 0.1) is 0 Å². The number of benzene rings is 1. The van der Waals surface area contributed by atoms with Crippen LogP contribution >= 0.6 is 11.3 Å². The quantitative estimate of drug-likeness (QED) is 0.539. The zero-order valence-electron chi connectivity index (χ0n) is 15.7. The maximum absolute atomic E-state index is 12.3. The van der Waals surface area contributed by atoms with Crippen LogP contribution in [-0.4, -0.2) is 22.6 Å². The third kappa shape index (κ3) is 4.89. The zero-order valence-corrected chi connectivity index (χ0v) is 16.5. The first-order chi connectivity index (χ1) is 13.6. The number of thiophene rings is 1. The molecule has 0 aliphatic heterocycles. The van der Waals surface area contributed by atoms with E-state index >= 15 is 0 Å². The van der Waals surface area contributed by atoms with E-state index < -0.39 is 0 Å². The predicted molar refractivity (Wildman–Crippen MR) is 110 cm³/mol. The maximum atomic E-state index is 12.3. The number of fused-ring (bicyclic) bond motifs is 1. The number of carbonyl (C=O) groups is 1. The minimum atomic E-state index is -0.381. The highest BCUT2D eigenvalue weighted by Gasteiger charge is 2.08. The van der Waals surface area contributed by atoms with E-state index in [1.807, 2.05) is 24.3 Å². The molecule has 1 aromatic carbocycles. The SMILES string of the molecule is COc1ccc(CNC(=O)CCCCCn2c(=O)[nH]c3ccsc3c2=O)cc1. The Morgan fingerprint density at radius 2 is 1.93 bits per heavy atom. The number of nitrogens with one attached hydrogen (secondary N) is 2. The summed E-state index contributed by atoms with van der Waals surface area (Å²) in [4.78, 5) is 39.0. The van der Waals surface area contributed by atoms with E-state index in [0.29, 0.717) is 42.6 Å². The first-order valence-electron chi connectivity index (χ1n) is 9.18. The van der Waals surface area contributed by atoms with Gasteiger partial charge in [-0.05, 0) is 42.0 Å². The monoisotopic (exact) mass is 401 g/mol. The second kappa shape index (κ2) is 9.36. The number of H-pyrrole nitrogens is 1. The van der Waals surface area contributed by atoms with E-state index in [9.17, 15) is 14.4 Å². The Bertz CT molecular complexity index is 1050. The van der Waals surface area contributed by atoms with Crippen LogP contribution in [0.2, 0.25) is 0 Å². The summed E-state index contributed by atoms with van der Waals surface area (Å²) < 4.78 is 6.91. The van der Waals surface area contributed by atoms with Gasteiger partial charge in [-0.1, -0.05) is 18.6 Å². The predicted octanol–water partition coefficient (Wildman–Crippen LogP) is 2.64. The van der Waals surface area contributed by atoms with E-state index in [2.05, 4.69) is 10.3 Å². The molecule has 8 heteroatoms. The molecule has 2 aromatic heterocycles. The average Bonchev–Trinajstić information content (AvgIpc) is 3.17. The van der Waals surface area contributed by atoms with E-state index in [1.165, 1.54) is 15.9 Å². The van der Waals surface area contributed by atoms with E-state index in [4.69, 9.17) is 4.74 Å². The lowest BCUT2D eigenvalue weighted by Crippen LogP contribution is -2.34. The van der Waals surface area contributed by atoms with Crippen LogP contribution < -0.4 is 21.3 Å². The fourth-order valence-corrected chi connectivity index (χ4v) is 3.74. The molecule has 1 amide bonds. The summed E-state index contributed by atoms with van der Waals surface area (Å²) in [5.74, 6) is 0.775. The van der Waals surface area contributed by atoms with Crippen LogP contribution in [-0.2, 0) is 17.9 Å². The Kier molecular flexibility index (Phi) is 6.65. The van der Waals surface area contributed by atoms with Gasteiger partial charge in [-0.3, -0.25) is 14.2 Å². The van der Waals surface area contributed by atoms with Gasteiger partial charge in [0.1, 0.15) is 10.4 Å². The molecule has 0 bridgehead atoms. The molecular formula is C20H23N3O4S. The third-order valence-corrected chi connectivity index (χ3v) is 5.43. The third-order valence-electron chi connectivity index (χ3n) is 4.53. The van der Waals surface area contributed by atoms with Crippen molar-refractivity contribution in [2.24, 2.45) is 0 Å². The molecule has 0 aliphatic rings. The van der Waals surface area contributed by atoms with Crippen LogP contribution in [0.4, 0.5) is 0 Å². The van der Waals surface area contributed by atoms with E-state index in [-0.39, 0.29) is 17.2 Å². The molecule has 148 valence electrons. The van der Waals surface area contributed by atoms with Gasteiger partial charge in [0.25, 0.3) is 5.56 Å². The summed E-state index contributed by atoms with van der Waals surface area (Å²) in [6, 6.07) is 9.28. The molecule has 2 N–H and O–H groups in total. The highest BCUT2D eigenvalue weighted by atomic mass is 32.1. The molecule has 0 fully saturated rings. The molecule has 0 unspecified atom stereocenters. The van der Waals surface area contributed by atoms with Gasteiger partial charge >= 0.3 is 5.69 Å². The zero-order chi connectivity index (χ0) is 19.9. The van der Waals surface area contributed by atoms with Gasteiger partial charge in [0.2, 0.25) is 5.91 Å². The van der Waals surface area contributed by atoms with Crippen molar-refractivity contribution in [1.82, 2.24) is 14.9 Å². The number of ether oxygens (including phenoxy) is 1. The molecule has 0 saturated heterocycles. The number of unbranched alkanes of at least 4 members (excludes halogenated alkanes) is 2. The number of amides is 1. The van der Waals surface area contributed by atoms with Gasteiger partial charge < -0.3 is 15.0 Å². The van der Waals surface area contributed by atoms with Gasteiger partial charge in [0.05, 0.1) is 12.6 Å². The van der Waals surface area contributed by atoms with Crippen molar-refractivity contribution in [2.75, 3.05) is 7.11 Å². The summed E-state index contributed by atoms with van der Waals surface area (Å²) >= 11 is 1.33. The smallest absolute Gasteiger partial charge is 0.328 e. The van der Waals surface area contributed by atoms with Crippen LogP contribution in [0.5, 0.6) is 5.75 Å². The van der Waals surface area contributed by atoms with Crippen molar-refractivity contribution in [2.45, 2.75) is 38.8 Å². The van der Waals surface area contributed by atoms with Crippen LogP contribution in [0.25, 0.3) is 10.2 Å². The molecule has 7 nitrogen and oxygen atoms in total. The van der Waals surface area contributed by atoms with Crippen molar-refractivity contribution in [3.8, 4) is 5.75 Å². The first-order valence-corrected chi connectivity index (χ1v) is 10.1. The molecule has 28 heavy (non-hydrogen) atoms. The van der Waals surface area contributed by atoms with Gasteiger partial charge in [-0.2, -0.15) is 0 Å². The van der Waals surface area contributed by atoms with Crippen molar-refractivity contribution in [1.29, 1.82) is 0 Å². The van der Waals surface area contributed by atoms with E-state index in [1.54, 1.807) is 18.6 Å². The van der Waals surface area contributed by atoms with Crippen molar-refractivity contribution >= 4 is 27.5 Å². The number of hydrogen-bond donors (Lipinski definition) is 2. The summed E-state index contributed by atoms with van der Waals surface area (Å²) in [6.45, 7) is 0.837. The Morgan fingerprint density at radius 1 is 1.14 bits per heavy atom. The number of carbonyl (C=O) groups excluding carboxylic acids is 1. The summed E-state index contributed by atoms with van der Waals surface area (Å²) in [5, 5.41) is 4.68. The molecule has 0 spiro atoms. The summed E-state index contributed by atoms with van der Waals surface area (Å²) in [5.41, 5.74) is 0.973. The summed E-state index contributed by atoms with van der Waals surface area (Å²) in [6.07, 6.45) is 2.57. The Hall–Kier alpha value is -2.87. The normalized spacial score (nSPS) is 10.9. The molecule has 0 radical (unpaired) electrons. The average molecular weight is 401 g/mol. The van der Waals surface area contributed by atoms with Gasteiger partial charge in [-0.15, -0.1) is 11.3 Å².